The van der Waals surface area contributed by atoms with Gasteiger partial charge in [-0.3, -0.25) is 14.5 Å². The predicted molar refractivity (Wildman–Crippen MR) is 142 cm³/mol. The number of rotatable bonds is 8. The van der Waals surface area contributed by atoms with Crippen LogP contribution >= 0.6 is 11.8 Å². The SMILES string of the molecule is CCCOc1ccc(/C=C2/SC(=Nc3cccc(C(=O)N4CCOCC4)c3)N(C)C2=O)cc1OCC. The lowest BCUT2D eigenvalue weighted by Crippen LogP contribution is -2.40. The molecule has 8 nitrogen and oxygen atoms in total. The zero-order valence-electron chi connectivity index (χ0n) is 20.9. The second kappa shape index (κ2) is 12.1. The maximum Gasteiger partial charge on any atom is 0.266 e. The highest BCUT2D eigenvalue weighted by atomic mass is 32.2. The van der Waals surface area contributed by atoms with E-state index in [1.165, 1.54) is 16.7 Å². The number of carbonyl (C=O) groups excluding carboxylic acids is 2. The van der Waals surface area contributed by atoms with E-state index in [1.807, 2.05) is 43.3 Å². The Morgan fingerprint density at radius 1 is 1.11 bits per heavy atom. The highest BCUT2D eigenvalue weighted by Gasteiger charge is 2.30. The lowest BCUT2D eigenvalue weighted by atomic mass is 10.1. The number of thioether (sulfide) groups is 1. The van der Waals surface area contributed by atoms with E-state index in [1.54, 1.807) is 24.1 Å². The average Bonchev–Trinajstić information content (AvgIpc) is 3.16. The molecular formula is C27H31N3O5S. The van der Waals surface area contributed by atoms with E-state index in [0.29, 0.717) is 72.3 Å². The molecule has 2 saturated heterocycles. The summed E-state index contributed by atoms with van der Waals surface area (Å²) in [7, 11) is 1.70. The summed E-state index contributed by atoms with van der Waals surface area (Å²) in [5.41, 5.74) is 2.03. The van der Waals surface area contributed by atoms with Crippen molar-refractivity contribution >= 4 is 40.5 Å². The molecule has 0 aromatic heterocycles. The van der Waals surface area contributed by atoms with Crippen molar-refractivity contribution in [3.05, 3.63) is 58.5 Å². The number of ether oxygens (including phenoxy) is 3. The number of amidine groups is 1. The summed E-state index contributed by atoms with van der Waals surface area (Å²) in [6, 6.07) is 12.8. The van der Waals surface area contributed by atoms with Crippen LogP contribution in [0.1, 0.15) is 36.2 Å². The summed E-state index contributed by atoms with van der Waals surface area (Å²) < 4.78 is 16.9. The Balaban J connectivity index is 1.54. The summed E-state index contributed by atoms with van der Waals surface area (Å²) in [5.74, 6) is 1.17. The smallest absolute Gasteiger partial charge is 0.266 e. The van der Waals surface area contributed by atoms with Crippen molar-refractivity contribution in [3.8, 4) is 11.5 Å². The van der Waals surface area contributed by atoms with Crippen LogP contribution in [0.4, 0.5) is 5.69 Å². The van der Waals surface area contributed by atoms with E-state index in [-0.39, 0.29) is 11.8 Å². The third-order valence-corrected chi connectivity index (χ3v) is 6.71. The minimum absolute atomic E-state index is 0.0408. The van der Waals surface area contributed by atoms with Crippen molar-refractivity contribution in [1.82, 2.24) is 9.80 Å². The van der Waals surface area contributed by atoms with E-state index < -0.39 is 0 Å². The van der Waals surface area contributed by atoms with Gasteiger partial charge in [-0.2, -0.15) is 0 Å². The Hall–Kier alpha value is -3.30. The van der Waals surface area contributed by atoms with Gasteiger partial charge in [0.1, 0.15) is 0 Å². The molecule has 0 unspecified atom stereocenters. The van der Waals surface area contributed by atoms with Crippen LogP contribution in [0.2, 0.25) is 0 Å². The molecule has 2 amide bonds. The van der Waals surface area contributed by atoms with E-state index in [9.17, 15) is 9.59 Å². The molecule has 0 bridgehead atoms. The molecule has 2 aliphatic rings. The van der Waals surface area contributed by atoms with Crippen LogP contribution in [0, 0.1) is 0 Å². The molecule has 0 saturated carbocycles. The van der Waals surface area contributed by atoms with Gasteiger partial charge in [0, 0.05) is 25.7 Å². The largest absolute Gasteiger partial charge is 0.490 e. The molecular weight excluding hydrogens is 478 g/mol. The van der Waals surface area contributed by atoms with Gasteiger partial charge in [0.2, 0.25) is 0 Å². The van der Waals surface area contributed by atoms with E-state index >= 15 is 0 Å². The first kappa shape index (κ1) is 25.8. The number of likely N-dealkylation sites (N-methyl/N-ethyl adjacent to an activating group) is 1. The first-order valence-corrected chi connectivity index (χ1v) is 12.9. The van der Waals surface area contributed by atoms with Crippen LogP contribution < -0.4 is 9.47 Å². The lowest BCUT2D eigenvalue weighted by molar-refractivity contribution is -0.121. The van der Waals surface area contributed by atoms with Crippen molar-refractivity contribution < 1.29 is 23.8 Å². The summed E-state index contributed by atoms with van der Waals surface area (Å²) in [4.78, 5) is 34.3. The monoisotopic (exact) mass is 509 g/mol. The number of benzene rings is 2. The molecule has 2 aromatic rings. The normalized spacial score (nSPS) is 18.2. The fourth-order valence-corrected chi connectivity index (χ4v) is 4.77. The number of hydrogen-bond donors (Lipinski definition) is 0. The van der Waals surface area contributed by atoms with Crippen LogP contribution in [0.15, 0.2) is 52.4 Å². The molecule has 2 fully saturated rings. The number of aliphatic imine (C=N–C) groups is 1. The molecule has 190 valence electrons. The van der Waals surface area contributed by atoms with Crippen LogP contribution in [0.25, 0.3) is 6.08 Å². The van der Waals surface area contributed by atoms with Gasteiger partial charge in [-0.15, -0.1) is 0 Å². The molecule has 0 spiro atoms. The van der Waals surface area contributed by atoms with E-state index in [2.05, 4.69) is 11.9 Å². The minimum atomic E-state index is -0.136. The summed E-state index contributed by atoms with van der Waals surface area (Å²) in [5, 5.41) is 0.551. The summed E-state index contributed by atoms with van der Waals surface area (Å²) >= 11 is 1.30. The van der Waals surface area contributed by atoms with E-state index in [4.69, 9.17) is 14.2 Å². The highest BCUT2D eigenvalue weighted by molar-refractivity contribution is 8.18. The average molecular weight is 510 g/mol. The van der Waals surface area contributed by atoms with Gasteiger partial charge in [0.25, 0.3) is 11.8 Å². The van der Waals surface area contributed by atoms with Crippen molar-refractivity contribution in [1.29, 1.82) is 0 Å². The molecule has 2 heterocycles. The van der Waals surface area contributed by atoms with E-state index in [0.717, 1.165) is 12.0 Å². The molecule has 0 aliphatic carbocycles. The van der Waals surface area contributed by atoms with Gasteiger partial charge < -0.3 is 19.1 Å². The van der Waals surface area contributed by atoms with Gasteiger partial charge >= 0.3 is 0 Å². The van der Waals surface area contributed by atoms with Gasteiger partial charge in [-0.05, 0) is 67.1 Å². The molecule has 0 atom stereocenters. The van der Waals surface area contributed by atoms with Crippen LogP contribution in [-0.4, -0.2) is 73.3 Å². The first-order valence-electron chi connectivity index (χ1n) is 12.1. The van der Waals surface area contributed by atoms with Gasteiger partial charge in [-0.1, -0.05) is 19.1 Å². The van der Waals surface area contributed by atoms with Crippen molar-refractivity contribution in [3.63, 3.8) is 0 Å². The topological polar surface area (TPSA) is 80.7 Å². The number of amides is 2. The Morgan fingerprint density at radius 3 is 2.67 bits per heavy atom. The Morgan fingerprint density at radius 2 is 1.92 bits per heavy atom. The zero-order valence-corrected chi connectivity index (χ0v) is 21.7. The summed E-state index contributed by atoms with van der Waals surface area (Å²) in [6.07, 6.45) is 2.73. The van der Waals surface area contributed by atoms with Crippen LogP contribution in [0.3, 0.4) is 0 Å². The Kier molecular flexibility index (Phi) is 8.66. The third-order valence-electron chi connectivity index (χ3n) is 5.65. The zero-order chi connectivity index (χ0) is 25.5. The number of carbonyl (C=O) groups is 2. The fraction of sp³-hybridized carbons (Fsp3) is 0.370. The highest BCUT2D eigenvalue weighted by Crippen LogP contribution is 2.35. The third kappa shape index (κ3) is 6.09. The fourth-order valence-electron chi connectivity index (χ4n) is 3.78. The van der Waals surface area contributed by atoms with Crippen molar-refractivity contribution in [2.24, 2.45) is 4.99 Å². The molecule has 9 heteroatoms. The number of morpholine rings is 1. The van der Waals surface area contributed by atoms with Gasteiger partial charge in [0.05, 0.1) is 37.0 Å². The molecule has 36 heavy (non-hydrogen) atoms. The van der Waals surface area contributed by atoms with Gasteiger partial charge in [-0.25, -0.2) is 4.99 Å². The first-order chi connectivity index (χ1) is 17.5. The predicted octanol–water partition coefficient (Wildman–Crippen LogP) is 4.58. The second-order valence-corrected chi connectivity index (χ2v) is 9.32. The Bertz CT molecular complexity index is 1170. The summed E-state index contributed by atoms with van der Waals surface area (Å²) in [6.45, 7) is 7.36. The van der Waals surface area contributed by atoms with Gasteiger partial charge in [0.15, 0.2) is 16.7 Å². The number of hydrogen-bond acceptors (Lipinski definition) is 7. The molecule has 0 radical (unpaired) electrons. The quantitative estimate of drug-likeness (QED) is 0.485. The number of nitrogens with zero attached hydrogens (tertiary/aromatic N) is 3. The van der Waals surface area contributed by atoms with Crippen molar-refractivity contribution in [2.45, 2.75) is 20.3 Å². The van der Waals surface area contributed by atoms with Crippen LogP contribution in [-0.2, 0) is 9.53 Å². The maximum atomic E-state index is 12.9. The molecule has 2 aromatic carbocycles. The Labute approximate surface area is 215 Å². The minimum Gasteiger partial charge on any atom is -0.490 e. The second-order valence-electron chi connectivity index (χ2n) is 8.31. The van der Waals surface area contributed by atoms with Crippen molar-refractivity contribution in [2.75, 3.05) is 46.6 Å². The maximum absolute atomic E-state index is 12.9. The standard InChI is InChI=1S/C27H31N3O5S/c1-4-13-35-22-10-9-19(16-23(22)34-5-2)17-24-26(32)29(3)27(36-24)28-21-8-6-7-20(18-21)25(31)30-11-14-33-15-12-30/h6-10,16-18H,4-5,11-15H2,1-3H3/b24-17+,28-27?. The molecule has 4 rings (SSSR count). The van der Waals surface area contributed by atoms with Crippen LogP contribution in [0.5, 0.6) is 11.5 Å². The lowest BCUT2D eigenvalue weighted by Gasteiger charge is -2.26. The molecule has 0 N–H and O–H groups in total. The molecule has 2 aliphatic heterocycles.